The van der Waals surface area contributed by atoms with Crippen molar-refractivity contribution in [2.45, 2.75) is 266 Å². The van der Waals surface area contributed by atoms with E-state index in [-0.39, 0.29) is 135 Å². The number of aliphatic imine (C=N–C) groups is 2. The molecule has 38 N–H and O–H groups in total. The van der Waals surface area contributed by atoms with E-state index in [0.29, 0.717) is 38.6 Å². The van der Waals surface area contributed by atoms with E-state index in [1.165, 1.54) is 18.7 Å². The molecule has 670 valence electrons. The van der Waals surface area contributed by atoms with Crippen molar-refractivity contribution >= 4 is 112 Å². The molecule has 0 aromatic carbocycles. The summed E-state index contributed by atoms with van der Waals surface area (Å²) in [6, 6.07) is -22.9. The predicted octanol–water partition coefficient (Wildman–Crippen LogP) is -12.1. The number of carboxylic acids is 2. The molecule has 1 heterocycles. The lowest BCUT2D eigenvalue weighted by molar-refractivity contribution is -0.145. The SMILES string of the molecule is C[C@H](NC(=O)[C@H](C)NC(=O)[C@H](CO)NC(=O)[C@@H](N)CCCCN)C(=O)N[C@@H](CCC(=O)O)C(=O)N[C@@H](C)C(=O)N[C@@H](CO)C(=O)N[C@@H](CCCCN)C(=O)N[C@@H](CCCCN)C(=O)N1CCC[C@H]1C(=O)N[C@@H](CCCN=C(N)N)C(=O)N[C@@H](CCC(N)=O)C(=O)N[C@@H](CCCCN)C(=O)N[C@@H](CCCN=C(N)N)C(=O)N[C@H](C(=O)O)[C@@H](C)O. The molecule has 0 radical (unpaired) electrons. The van der Waals surface area contributed by atoms with Gasteiger partial charge in [0, 0.05) is 32.5 Å². The summed E-state index contributed by atoms with van der Waals surface area (Å²) in [4.78, 5) is 239. The molecule has 0 aromatic heterocycles. The van der Waals surface area contributed by atoms with Crippen LogP contribution in [0.2, 0.25) is 0 Å². The number of nitrogens with zero attached hydrogens (tertiary/aromatic N) is 3. The van der Waals surface area contributed by atoms with Gasteiger partial charge in [0.25, 0.3) is 0 Å². The summed E-state index contributed by atoms with van der Waals surface area (Å²) in [5.74, 6) is -18.4. The number of hydrogen-bond acceptors (Lipinski definition) is 27. The maximum Gasteiger partial charge on any atom is 0.328 e. The minimum Gasteiger partial charge on any atom is -0.481 e. The maximum atomic E-state index is 14.9. The third kappa shape index (κ3) is 40.9. The third-order valence-corrected chi connectivity index (χ3v) is 18.5. The van der Waals surface area contributed by atoms with Gasteiger partial charge in [0.05, 0.1) is 25.4 Å². The van der Waals surface area contributed by atoms with Crippen molar-refractivity contribution in [1.82, 2.24) is 74.0 Å². The van der Waals surface area contributed by atoms with Crippen LogP contribution in [0.15, 0.2) is 9.98 Å². The van der Waals surface area contributed by atoms with Crippen molar-refractivity contribution in [3.05, 3.63) is 0 Å². The van der Waals surface area contributed by atoms with Crippen LogP contribution in [0.25, 0.3) is 0 Å². The van der Waals surface area contributed by atoms with Crippen molar-refractivity contribution in [3.8, 4) is 0 Å². The van der Waals surface area contributed by atoms with Crippen molar-refractivity contribution < 1.29 is 107 Å². The fraction of sp³-hybridized carbons (Fsp3) is 0.729. The normalized spacial score (nSPS) is 16.2. The second-order valence-corrected chi connectivity index (χ2v) is 28.4. The van der Waals surface area contributed by atoms with Gasteiger partial charge in [0.15, 0.2) is 18.0 Å². The van der Waals surface area contributed by atoms with E-state index in [0.717, 1.165) is 13.8 Å². The van der Waals surface area contributed by atoms with E-state index in [4.69, 9.17) is 57.3 Å². The van der Waals surface area contributed by atoms with Crippen molar-refractivity contribution in [2.24, 2.45) is 67.3 Å². The van der Waals surface area contributed by atoms with Crippen LogP contribution in [0.5, 0.6) is 0 Å². The van der Waals surface area contributed by atoms with E-state index in [1.807, 2.05) is 0 Å². The molecule has 48 nitrogen and oxygen atoms in total. The first-order chi connectivity index (χ1) is 55.7. The summed E-state index contributed by atoms with van der Waals surface area (Å²) in [6.45, 7) is 3.25. The maximum absolute atomic E-state index is 14.9. The fourth-order valence-electron chi connectivity index (χ4n) is 11.7. The van der Waals surface area contributed by atoms with Gasteiger partial charge < -0.3 is 157 Å². The van der Waals surface area contributed by atoms with Crippen LogP contribution in [0.1, 0.15) is 169 Å². The molecule has 1 fully saturated rings. The van der Waals surface area contributed by atoms with Crippen molar-refractivity contribution in [2.75, 3.05) is 59.0 Å². The van der Waals surface area contributed by atoms with Gasteiger partial charge in [0.2, 0.25) is 88.6 Å². The molecule has 1 rings (SSSR count). The molecular weight excluding hydrogens is 1560 g/mol. The molecule has 16 atom stereocenters. The molecule has 0 bridgehead atoms. The minimum atomic E-state index is -1.84. The highest BCUT2D eigenvalue weighted by Crippen LogP contribution is 2.22. The van der Waals surface area contributed by atoms with Gasteiger partial charge in [-0.1, -0.05) is 6.42 Å². The van der Waals surface area contributed by atoms with Crippen LogP contribution < -0.4 is 126 Å². The first-order valence-corrected chi connectivity index (χ1v) is 39.3. The molecule has 0 unspecified atom stereocenters. The van der Waals surface area contributed by atoms with E-state index < -0.39 is 236 Å². The number of hydrogen-bond donors (Lipinski definition) is 28. The Labute approximate surface area is 683 Å². The Balaban J connectivity index is 3.56. The summed E-state index contributed by atoms with van der Waals surface area (Å²) < 4.78 is 0. The Kier molecular flexibility index (Phi) is 51.1. The molecule has 1 saturated heterocycles. The highest BCUT2D eigenvalue weighted by Gasteiger charge is 2.42. The second-order valence-electron chi connectivity index (χ2n) is 28.4. The molecule has 1 aliphatic heterocycles. The van der Waals surface area contributed by atoms with Gasteiger partial charge in [-0.2, -0.15) is 0 Å². The summed E-state index contributed by atoms with van der Waals surface area (Å²) in [5.41, 5.74) is 56.3. The van der Waals surface area contributed by atoms with Gasteiger partial charge in [-0.05, 0) is 176 Å². The fourth-order valence-corrected chi connectivity index (χ4v) is 11.7. The smallest absolute Gasteiger partial charge is 0.328 e. The number of primary amides is 1. The summed E-state index contributed by atoms with van der Waals surface area (Å²) in [7, 11) is 0. The first kappa shape index (κ1) is 105. The average molecular weight is 1690 g/mol. The van der Waals surface area contributed by atoms with E-state index in [9.17, 15) is 107 Å². The number of unbranched alkanes of at least 4 members (excludes halogenated alkanes) is 4. The topological polar surface area (TPSA) is 836 Å². The second kappa shape index (κ2) is 57.3. The van der Waals surface area contributed by atoms with Crippen molar-refractivity contribution in [1.29, 1.82) is 0 Å². The predicted molar refractivity (Wildman–Crippen MR) is 425 cm³/mol. The number of aliphatic carboxylic acids is 2. The van der Waals surface area contributed by atoms with Gasteiger partial charge in [-0.15, -0.1) is 0 Å². The Bertz CT molecular complexity index is 3370. The molecule has 118 heavy (non-hydrogen) atoms. The Morgan fingerprint density at radius 2 is 0.695 bits per heavy atom. The lowest BCUT2D eigenvalue weighted by Crippen LogP contribution is -2.61. The van der Waals surface area contributed by atoms with Crippen LogP contribution in [0.3, 0.4) is 0 Å². The van der Waals surface area contributed by atoms with Crippen LogP contribution in [0, 0.1) is 0 Å². The molecule has 0 aliphatic carbocycles. The standard InChI is InChI=1S/C70H128N26O22/c1-36(85-64(113)48(34-97)94-57(106)40(75)16-5-9-27-71)54(103)83-37(2)55(104)86-46(24-26-52(101)102)58(107)84-38(3)56(105)93-49(35-98)65(114)89-42(18-7-11-29-73)61(110)92-47(19-8-12-30-74)67(116)96-33-15-22-50(96)66(115)91-43(20-13-31-81-69(77)78)60(109)90-45(23-25-51(76)100)62(111)87-41(17-6-10-28-72)59(108)88-44(21-14-32-82-70(79)80)63(112)95-53(39(4)99)68(117)118/h36-50,53,97-99H,5-35,71-75H2,1-4H3,(H2,76,100)(H,83,103)(H,84,107)(H,85,113)(H,86,104)(H,87,111)(H,88,108)(H,89,114)(H,90,109)(H,91,115)(H,92,110)(H,93,105)(H,94,106)(H,95,112)(H,101,102)(H,117,118)(H4,77,78,81)(H4,79,80,82)/t36-,37-,38-,39+,40-,41-,42-,43-,44-,45-,46-,47-,48-,49-,50-,53-/m0/s1. The van der Waals surface area contributed by atoms with E-state index in [2.05, 4.69) is 79.1 Å². The molecule has 15 amide bonds. The lowest BCUT2D eigenvalue weighted by Gasteiger charge is -2.31. The summed E-state index contributed by atoms with van der Waals surface area (Å²) >= 11 is 0. The number of aliphatic hydroxyl groups excluding tert-OH is 3. The highest BCUT2D eigenvalue weighted by atomic mass is 16.4. The van der Waals surface area contributed by atoms with Crippen molar-refractivity contribution in [3.63, 3.8) is 0 Å². The minimum absolute atomic E-state index is 0.00676. The number of likely N-dealkylation sites (tertiary alicyclic amines) is 1. The Hall–Kier alpha value is -10.8. The molecule has 0 saturated carbocycles. The Morgan fingerprint density at radius 3 is 1.08 bits per heavy atom. The number of nitrogens with two attached hydrogens (primary N) is 10. The molecule has 48 heteroatoms. The van der Waals surface area contributed by atoms with Crippen LogP contribution in [-0.2, 0) is 81.5 Å². The largest absolute Gasteiger partial charge is 0.481 e. The number of carbonyl (C=O) groups is 17. The van der Waals surface area contributed by atoms with Gasteiger partial charge in [0.1, 0.15) is 78.5 Å². The third-order valence-electron chi connectivity index (χ3n) is 18.5. The average Bonchev–Trinajstić information content (AvgIpc) is 1.64. The van der Waals surface area contributed by atoms with E-state index in [1.54, 1.807) is 0 Å². The number of amides is 15. The number of carbonyl (C=O) groups excluding carboxylic acids is 15. The number of guanidine groups is 2. The first-order valence-electron chi connectivity index (χ1n) is 39.3. The van der Waals surface area contributed by atoms with E-state index >= 15 is 0 Å². The zero-order valence-corrected chi connectivity index (χ0v) is 67.4. The lowest BCUT2D eigenvalue weighted by atomic mass is 10.0. The number of aliphatic hydroxyl groups is 3. The highest BCUT2D eigenvalue weighted by molar-refractivity contribution is 6.01. The molecule has 0 spiro atoms. The van der Waals surface area contributed by atoms with Crippen LogP contribution in [0.4, 0.5) is 0 Å². The zero-order chi connectivity index (χ0) is 89.3. The summed E-state index contributed by atoms with van der Waals surface area (Å²) in [6.07, 6.45) is -1.40. The zero-order valence-electron chi connectivity index (χ0n) is 67.4. The quantitative estimate of drug-likeness (QED) is 0.0153. The number of nitrogens with one attached hydrogen (secondary N) is 13. The monoisotopic (exact) mass is 1680 g/mol. The number of rotatable bonds is 61. The molecule has 0 aromatic rings. The summed E-state index contributed by atoms with van der Waals surface area (Å²) in [5, 5.41) is 80.9. The van der Waals surface area contributed by atoms with Gasteiger partial charge in [-0.25, -0.2) is 4.79 Å². The number of carboxylic acid groups (broad SMARTS) is 2. The Morgan fingerprint density at radius 1 is 0.381 bits per heavy atom. The molecular formula is C70H128N26O22. The molecule has 1 aliphatic rings. The van der Waals surface area contributed by atoms with Gasteiger partial charge in [-0.3, -0.25) is 86.7 Å². The van der Waals surface area contributed by atoms with Crippen LogP contribution >= 0.6 is 0 Å². The van der Waals surface area contributed by atoms with Gasteiger partial charge >= 0.3 is 11.9 Å². The van der Waals surface area contributed by atoms with Crippen LogP contribution in [-0.4, -0.2) is 299 Å².